The highest BCUT2D eigenvalue weighted by molar-refractivity contribution is 7.91. The van der Waals surface area contributed by atoms with Gasteiger partial charge in [0.1, 0.15) is 0 Å². The quantitative estimate of drug-likeness (QED) is 0.729. The molecule has 0 aromatic carbocycles. The molecular weight excluding hydrogens is 274 g/mol. The van der Waals surface area contributed by atoms with Crippen LogP contribution in [-0.4, -0.2) is 33.0 Å². The Labute approximate surface area is 110 Å². The van der Waals surface area contributed by atoms with Gasteiger partial charge in [-0.2, -0.15) is 0 Å². The van der Waals surface area contributed by atoms with E-state index in [0.29, 0.717) is 18.2 Å². The lowest BCUT2D eigenvalue weighted by Gasteiger charge is -2.22. The van der Waals surface area contributed by atoms with Crippen LogP contribution in [0.5, 0.6) is 0 Å². The molecule has 0 radical (unpaired) electrons. The van der Waals surface area contributed by atoms with Crippen molar-refractivity contribution >= 4 is 21.4 Å². The Hall–Kier alpha value is -0.700. The summed E-state index contributed by atoms with van der Waals surface area (Å²) in [7, 11) is -3.56. The molecule has 18 heavy (non-hydrogen) atoms. The van der Waals surface area contributed by atoms with Crippen molar-refractivity contribution in [1.82, 2.24) is 15.0 Å². The fourth-order valence-electron chi connectivity index (χ4n) is 2.04. The third kappa shape index (κ3) is 3.19. The maximum atomic E-state index is 12.0. The molecule has 1 atom stereocenters. The highest BCUT2D eigenvalue weighted by atomic mass is 32.2. The lowest BCUT2D eigenvalue weighted by atomic mass is 10.0. The van der Waals surface area contributed by atoms with Gasteiger partial charge in [0.15, 0.2) is 4.21 Å². The number of hydrogen-bond donors (Lipinski definition) is 3. The van der Waals surface area contributed by atoms with Crippen LogP contribution < -0.4 is 14.9 Å². The molecule has 2 rings (SSSR count). The van der Waals surface area contributed by atoms with E-state index in [0.717, 1.165) is 37.3 Å². The lowest BCUT2D eigenvalue weighted by molar-refractivity contribution is 0.376. The van der Waals surface area contributed by atoms with Gasteiger partial charge in [-0.1, -0.05) is 11.3 Å². The molecule has 1 aromatic rings. The van der Waals surface area contributed by atoms with Crippen molar-refractivity contribution in [3.8, 4) is 0 Å². The van der Waals surface area contributed by atoms with E-state index < -0.39 is 10.0 Å². The number of nitrogens with one attached hydrogen (secondary N) is 3. The van der Waals surface area contributed by atoms with Gasteiger partial charge < -0.3 is 10.3 Å². The van der Waals surface area contributed by atoms with Gasteiger partial charge in [0.25, 0.3) is 10.0 Å². The smallest absolute Gasteiger partial charge is 0.305 e. The molecule has 102 valence electrons. The zero-order valence-corrected chi connectivity index (χ0v) is 11.8. The zero-order chi connectivity index (χ0) is 13.2. The molecule has 2 heterocycles. The van der Waals surface area contributed by atoms with Crippen LogP contribution >= 0.6 is 11.3 Å². The maximum Gasteiger partial charge on any atom is 0.305 e. The topological polar surface area (TPSA) is 91.1 Å². The van der Waals surface area contributed by atoms with Gasteiger partial charge in [-0.15, -0.1) is 0 Å². The van der Waals surface area contributed by atoms with Crippen LogP contribution in [0.4, 0.5) is 0 Å². The average molecular weight is 291 g/mol. The first kappa shape index (κ1) is 13.7. The second-order valence-corrected chi connectivity index (χ2v) is 7.44. The summed E-state index contributed by atoms with van der Waals surface area (Å²) >= 11 is 0.731. The minimum Gasteiger partial charge on any atom is -0.316 e. The second-order valence-electron chi connectivity index (χ2n) is 4.49. The average Bonchev–Trinajstić information content (AvgIpc) is 2.68. The third-order valence-electron chi connectivity index (χ3n) is 2.99. The van der Waals surface area contributed by atoms with Gasteiger partial charge >= 0.3 is 4.87 Å². The molecule has 8 heteroatoms. The fraction of sp³-hybridized carbons (Fsp3) is 0.700. The molecule has 0 saturated carbocycles. The largest absolute Gasteiger partial charge is 0.316 e. The molecule has 0 aliphatic carbocycles. The summed E-state index contributed by atoms with van der Waals surface area (Å²) in [4.78, 5) is 13.3. The molecular formula is C10H17N3O3S2. The van der Waals surface area contributed by atoms with E-state index in [1.54, 1.807) is 6.92 Å². The second kappa shape index (κ2) is 5.52. The predicted octanol–water partition coefficient (Wildman–Crippen LogP) is 0.0227. The molecule has 3 N–H and O–H groups in total. The normalized spacial score (nSPS) is 21.1. The van der Waals surface area contributed by atoms with Crippen LogP contribution in [0.3, 0.4) is 0 Å². The number of aryl methyl sites for hydroxylation is 1. The zero-order valence-electron chi connectivity index (χ0n) is 10.2. The fourth-order valence-corrected chi connectivity index (χ4v) is 4.50. The molecule has 0 amide bonds. The van der Waals surface area contributed by atoms with Gasteiger partial charge in [-0.05, 0) is 38.8 Å². The van der Waals surface area contributed by atoms with Crippen molar-refractivity contribution in [2.45, 2.75) is 24.0 Å². The molecule has 1 saturated heterocycles. The highest BCUT2D eigenvalue weighted by Crippen LogP contribution is 2.16. The van der Waals surface area contributed by atoms with Crippen LogP contribution in [0.25, 0.3) is 0 Å². The van der Waals surface area contributed by atoms with Crippen molar-refractivity contribution < 1.29 is 8.42 Å². The Morgan fingerprint density at radius 3 is 2.83 bits per heavy atom. The molecule has 1 aliphatic heterocycles. The SMILES string of the molecule is Cc1[nH]c(=O)sc1S(=O)(=O)NCC1CCCNC1. The Morgan fingerprint density at radius 1 is 1.50 bits per heavy atom. The van der Waals surface area contributed by atoms with Crippen molar-refractivity contribution in [3.05, 3.63) is 15.4 Å². The van der Waals surface area contributed by atoms with Gasteiger partial charge in [0.05, 0.1) is 0 Å². The molecule has 0 spiro atoms. The van der Waals surface area contributed by atoms with Gasteiger partial charge in [-0.3, -0.25) is 4.79 Å². The summed E-state index contributed by atoms with van der Waals surface area (Å²) in [5.74, 6) is 0.324. The maximum absolute atomic E-state index is 12.0. The summed E-state index contributed by atoms with van der Waals surface area (Å²) in [6, 6.07) is 0. The number of hydrogen-bond acceptors (Lipinski definition) is 5. The Morgan fingerprint density at radius 2 is 2.28 bits per heavy atom. The Kier molecular flexibility index (Phi) is 4.21. The summed E-state index contributed by atoms with van der Waals surface area (Å²) in [5, 5.41) is 3.24. The Bertz CT molecular complexity index is 555. The predicted molar refractivity (Wildman–Crippen MR) is 70.5 cm³/mol. The van der Waals surface area contributed by atoms with Crippen LogP contribution in [-0.2, 0) is 10.0 Å². The number of thiazole rings is 1. The minimum atomic E-state index is -3.56. The molecule has 1 aromatic heterocycles. The summed E-state index contributed by atoms with van der Waals surface area (Å²) in [5.41, 5.74) is 0.402. The van der Waals surface area contributed by atoms with Gasteiger partial charge in [0, 0.05) is 12.2 Å². The molecule has 6 nitrogen and oxygen atoms in total. The molecule has 1 aliphatic rings. The first-order chi connectivity index (χ1) is 8.49. The van der Waals surface area contributed by atoms with E-state index in [-0.39, 0.29) is 9.08 Å². The summed E-state index contributed by atoms with van der Waals surface area (Å²) in [6.07, 6.45) is 2.10. The van der Waals surface area contributed by atoms with E-state index in [2.05, 4.69) is 15.0 Å². The molecule has 1 fully saturated rings. The monoisotopic (exact) mass is 291 g/mol. The van der Waals surface area contributed by atoms with Gasteiger partial charge in [0.2, 0.25) is 0 Å². The van der Waals surface area contributed by atoms with E-state index in [1.165, 1.54) is 0 Å². The first-order valence-corrected chi connectivity index (χ1v) is 8.19. The van der Waals surface area contributed by atoms with E-state index in [1.807, 2.05) is 0 Å². The number of aromatic amines is 1. The highest BCUT2D eigenvalue weighted by Gasteiger charge is 2.22. The van der Waals surface area contributed by atoms with Gasteiger partial charge in [-0.25, -0.2) is 13.1 Å². The van der Waals surface area contributed by atoms with E-state index in [4.69, 9.17) is 0 Å². The third-order valence-corrected chi connectivity index (χ3v) is 6.01. The van der Waals surface area contributed by atoms with Crippen molar-refractivity contribution in [2.24, 2.45) is 5.92 Å². The van der Waals surface area contributed by atoms with Crippen LogP contribution in [0.2, 0.25) is 0 Å². The minimum absolute atomic E-state index is 0.0938. The van der Waals surface area contributed by atoms with Crippen molar-refractivity contribution in [3.63, 3.8) is 0 Å². The van der Waals surface area contributed by atoms with Crippen LogP contribution in [0, 0.1) is 12.8 Å². The van der Waals surface area contributed by atoms with E-state index >= 15 is 0 Å². The van der Waals surface area contributed by atoms with Crippen LogP contribution in [0.1, 0.15) is 18.5 Å². The van der Waals surface area contributed by atoms with Crippen molar-refractivity contribution in [1.29, 1.82) is 0 Å². The number of rotatable bonds is 4. The number of sulfonamides is 1. The number of piperidine rings is 1. The number of aromatic nitrogens is 1. The lowest BCUT2D eigenvalue weighted by Crippen LogP contribution is -2.38. The van der Waals surface area contributed by atoms with Crippen LogP contribution in [0.15, 0.2) is 9.00 Å². The standard InChI is InChI=1S/C10H17N3O3S2/c1-7-9(17-10(14)13-7)18(15,16)12-6-8-3-2-4-11-5-8/h8,11-12H,2-6H2,1H3,(H,13,14). The first-order valence-electron chi connectivity index (χ1n) is 5.89. The molecule has 0 bridgehead atoms. The molecule has 1 unspecified atom stereocenters. The van der Waals surface area contributed by atoms with Crippen molar-refractivity contribution in [2.75, 3.05) is 19.6 Å². The number of H-pyrrole nitrogens is 1. The Balaban J connectivity index is 2.03. The summed E-state index contributed by atoms with van der Waals surface area (Å²) in [6.45, 7) is 3.85. The summed E-state index contributed by atoms with van der Waals surface area (Å²) < 4.78 is 26.7. The van der Waals surface area contributed by atoms with E-state index in [9.17, 15) is 13.2 Å².